The second kappa shape index (κ2) is 4.96. The summed E-state index contributed by atoms with van der Waals surface area (Å²) in [7, 11) is 0. The van der Waals surface area contributed by atoms with Crippen LogP contribution in [0.25, 0.3) is 0 Å². The van der Waals surface area contributed by atoms with E-state index in [0.29, 0.717) is 29.6 Å². The van der Waals surface area contributed by atoms with Crippen LogP contribution < -0.4 is 15.4 Å². The largest absolute Gasteiger partial charge is 0.477 e. The molecule has 1 saturated heterocycles. The third-order valence-corrected chi connectivity index (χ3v) is 2.90. The minimum absolute atomic E-state index is 0.297. The second-order valence-electron chi connectivity index (χ2n) is 4.12. The molecule has 18 heavy (non-hydrogen) atoms. The molecule has 2 N–H and O–H groups in total. The molecular weight excluding hydrogens is 228 g/mol. The van der Waals surface area contributed by atoms with E-state index in [9.17, 15) is 0 Å². The van der Waals surface area contributed by atoms with Gasteiger partial charge in [0.2, 0.25) is 5.88 Å². The van der Waals surface area contributed by atoms with Crippen LogP contribution in [0.15, 0.2) is 18.3 Å². The third-order valence-electron chi connectivity index (χ3n) is 2.90. The van der Waals surface area contributed by atoms with Crippen molar-refractivity contribution in [1.29, 1.82) is 5.26 Å². The van der Waals surface area contributed by atoms with Crippen molar-refractivity contribution in [2.75, 3.05) is 23.8 Å². The number of allylic oxidation sites excluding steroid dienone is 1. The number of anilines is 2. The first-order valence-electron chi connectivity index (χ1n) is 5.96. The Bertz CT molecular complexity index is 518. The third kappa shape index (κ3) is 2.09. The molecular formula is C13H16N4O. The summed E-state index contributed by atoms with van der Waals surface area (Å²) < 4.78 is 5.37. The molecule has 2 rings (SSSR count). The quantitative estimate of drug-likeness (QED) is 0.880. The molecule has 0 unspecified atom stereocenters. The van der Waals surface area contributed by atoms with Gasteiger partial charge in [-0.3, -0.25) is 0 Å². The number of nitrogen functional groups attached to an aromatic ring is 1. The fourth-order valence-corrected chi connectivity index (χ4v) is 2.03. The normalized spacial score (nSPS) is 14.7. The van der Waals surface area contributed by atoms with E-state index in [1.54, 1.807) is 6.07 Å². The lowest BCUT2D eigenvalue weighted by atomic mass is 10.2. The van der Waals surface area contributed by atoms with Crippen molar-refractivity contribution >= 4 is 11.5 Å². The lowest BCUT2D eigenvalue weighted by Crippen LogP contribution is -2.18. The molecule has 1 aromatic rings. The van der Waals surface area contributed by atoms with Crippen molar-refractivity contribution in [3.8, 4) is 11.9 Å². The van der Waals surface area contributed by atoms with E-state index in [0.717, 1.165) is 25.1 Å². The summed E-state index contributed by atoms with van der Waals surface area (Å²) in [6.07, 6.45) is 2.02. The summed E-state index contributed by atoms with van der Waals surface area (Å²) >= 11 is 0. The molecule has 0 spiro atoms. The maximum absolute atomic E-state index is 9.05. The van der Waals surface area contributed by atoms with Gasteiger partial charge < -0.3 is 15.4 Å². The molecule has 94 valence electrons. The van der Waals surface area contributed by atoms with Crippen molar-refractivity contribution in [3.05, 3.63) is 23.9 Å². The number of pyridine rings is 1. The first-order chi connectivity index (χ1) is 8.67. The van der Waals surface area contributed by atoms with Crippen molar-refractivity contribution in [2.24, 2.45) is 0 Å². The standard InChI is InChI=1S/C13H16N4O/c1-3-18-13-10(8-14)11(15)7-12(16-13)17-6-4-5-9(17)2/h7H,2-6H2,1H3,(H2,15,16). The number of nitriles is 1. The summed E-state index contributed by atoms with van der Waals surface area (Å²) in [5, 5.41) is 9.05. The van der Waals surface area contributed by atoms with Gasteiger partial charge in [-0.1, -0.05) is 6.58 Å². The molecule has 5 heteroatoms. The molecule has 1 aliphatic rings. The maximum Gasteiger partial charge on any atom is 0.235 e. The first-order valence-corrected chi connectivity index (χ1v) is 5.96. The Morgan fingerprint density at radius 2 is 2.44 bits per heavy atom. The monoisotopic (exact) mass is 244 g/mol. The number of rotatable bonds is 3. The SMILES string of the molecule is C=C1CCCN1c1cc(N)c(C#N)c(OCC)n1. The molecule has 0 bridgehead atoms. The fraction of sp³-hybridized carbons (Fsp3) is 0.385. The minimum Gasteiger partial charge on any atom is -0.477 e. The predicted molar refractivity (Wildman–Crippen MR) is 70.3 cm³/mol. The predicted octanol–water partition coefficient (Wildman–Crippen LogP) is 2.05. The van der Waals surface area contributed by atoms with Gasteiger partial charge in [0.1, 0.15) is 17.5 Å². The Hall–Kier alpha value is -2.22. The van der Waals surface area contributed by atoms with Crippen LogP contribution in [0.4, 0.5) is 11.5 Å². The first kappa shape index (κ1) is 12.2. The number of nitrogens with two attached hydrogens (primary N) is 1. The summed E-state index contributed by atoms with van der Waals surface area (Å²) in [6, 6.07) is 3.73. The van der Waals surface area contributed by atoms with Gasteiger partial charge in [-0.15, -0.1) is 0 Å². The van der Waals surface area contributed by atoms with Gasteiger partial charge in [0.25, 0.3) is 0 Å². The molecule has 1 aliphatic heterocycles. The molecule has 0 amide bonds. The summed E-state index contributed by atoms with van der Waals surface area (Å²) in [5.74, 6) is 1.01. The number of hydrogen-bond donors (Lipinski definition) is 1. The zero-order chi connectivity index (χ0) is 13.1. The molecule has 0 radical (unpaired) electrons. The van der Waals surface area contributed by atoms with Gasteiger partial charge in [-0.25, -0.2) is 0 Å². The smallest absolute Gasteiger partial charge is 0.235 e. The number of nitrogens with zero attached hydrogens (tertiary/aromatic N) is 3. The molecule has 0 aliphatic carbocycles. The Morgan fingerprint density at radius 1 is 1.67 bits per heavy atom. The van der Waals surface area contributed by atoms with Crippen molar-refractivity contribution in [1.82, 2.24) is 4.98 Å². The van der Waals surface area contributed by atoms with E-state index in [1.807, 2.05) is 17.9 Å². The van der Waals surface area contributed by atoms with Crippen molar-refractivity contribution in [2.45, 2.75) is 19.8 Å². The maximum atomic E-state index is 9.05. The zero-order valence-corrected chi connectivity index (χ0v) is 10.4. The number of aromatic nitrogens is 1. The van der Waals surface area contributed by atoms with Crippen LogP contribution in [-0.4, -0.2) is 18.1 Å². The summed E-state index contributed by atoms with van der Waals surface area (Å²) in [6.45, 7) is 7.17. The van der Waals surface area contributed by atoms with Gasteiger partial charge in [-0.05, 0) is 19.8 Å². The minimum atomic E-state index is 0.297. The van der Waals surface area contributed by atoms with Crippen LogP contribution in [0.2, 0.25) is 0 Å². The molecule has 1 aromatic heterocycles. The van der Waals surface area contributed by atoms with E-state index in [-0.39, 0.29) is 0 Å². The van der Waals surface area contributed by atoms with Gasteiger partial charge >= 0.3 is 0 Å². The number of ether oxygens (including phenoxy) is 1. The highest BCUT2D eigenvalue weighted by Crippen LogP contribution is 2.31. The zero-order valence-electron chi connectivity index (χ0n) is 10.4. The van der Waals surface area contributed by atoms with Gasteiger partial charge in [0.15, 0.2) is 0 Å². The lowest BCUT2D eigenvalue weighted by Gasteiger charge is -2.19. The van der Waals surface area contributed by atoms with Gasteiger partial charge in [0, 0.05) is 18.3 Å². The molecule has 0 aromatic carbocycles. The topological polar surface area (TPSA) is 75.2 Å². The van der Waals surface area contributed by atoms with E-state index in [4.69, 9.17) is 15.7 Å². The van der Waals surface area contributed by atoms with Gasteiger partial charge in [-0.2, -0.15) is 10.2 Å². The van der Waals surface area contributed by atoms with Crippen LogP contribution >= 0.6 is 0 Å². The van der Waals surface area contributed by atoms with E-state index in [2.05, 4.69) is 11.6 Å². The average molecular weight is 244 g/mol. The highest BCUT2D eigenvalue weighted by Gasteiger charge is 2.21. The summed E-state index contributed by atoms with van der Waals surface area (Å²) in [5.41, 5.74) is 7.59. The summed E-state index contributed by atoms with van der Waals surface area (Å²) in [4.78, 5) is 6.38. The van der Waals surface area contributed by atoms with Crippen molar-refractivity contribution < 1.29 is 4.74 Å². The molecule has 2 heterocycles. The van der Waals surface area contributed by atoms with E-state index in [1.165, 1.54) is 0 Å². The van der Waals surface area contributed by atoms with Crippen LogP contribution in [0.5, 0.6) is 5.88 Å². The average Bonchev–Trinajstić information content (AvgIpc) is 2.75. The molecule has 5 nitrogen and oxygen atoms in total. The highest BCUT2D eigenvalue weighted by atomic mass is 16.5. The molecule has 0 atom stereocenters. The Labute approximate surface area is 106 Å². The van der Waals surface area contributed by atoms with Crippen molar-refractivity contribution in [3.63, 3.8) is 0 Å². The van der Waals surface area contributed by atoms with Crippen LogP contribution in [0.3, 0.4) is 0 Å². The highest BCUT2D eigenvalue weighted by molar-refractivity contribution is 5.66. The fourth-order valence-electron chi connectivity index (χ4n) is 2.03. The van der Waals surface area contributed by atoms with E-state index >= 15 is 0 Å². The molecule has 0 saturated carbocycles. The lowest BCUT2D eigenvalue weighted by molar-refractivity contribution is 0.326. The van der Waals surface area contributed by atoms with Crippen LogP contribution in [0, 0.1) is 11.3 Å². The Balaban J connectivity index is 2.44. The second-order valence-corrected chi connectivity index (χ2v) is 4.12. The Morgan fingerprint density at radius 3 is 3.00 bits per heavy atom. The van der Waals surface area contributed by atoms with Crippen LogP contribution in [-0.2, 0) is 0 Å². The van der Waals surface area contributed by atoms with E-state index < -0.39 is 0 Å². The van der Waals surface area contributed by atoms with Crippen LogP contribution in [0.1, 0.15) is 25.3 Å². The Kier molecular flexibility index (Phi) is 3.38. The number of hydrogen-bond acceptors (Lipinski definition) is 5. The molecule has 1 fully saturated rings. The van der Waals surface area contributed by atoms with Gasteiger partial charge in [0.05, 0.1) is 12.3 Å².